The minimum atomic E-state index is -0.724. The molecule has 0 bridgehead atoms. The molecule has 0 saturated carbocycles. The zero-order valence-corrected chi connectivity index (χ0v) is 21.6. The van der Waals surface area contributed by atoms with E-state index in [4.69, 9.17) is 23.7 Å². The summed E-state index contributed by atoms with van der Waals surface area (Å²) in [4.78, 5) is 25.5. The molecule has 0 unspecified atom stereocenters. The lowest BCUT2D eigenvalue weighted by Crippen LogP contribution is -2.52. The SMILES string of the molecule is O=C(CC[C@H](N[C@H]1CO[C@H](OCc2ccccc2)[C@@H]2O[C@@H]21)C(=O)OCc1ccccc1)OCc1ccccc1. The molecule has 2 aliphatic rings. The molecule has 8 nitrogen and oxygen atoms in total. The van der Waals surface area contributed by atoms with E-state index in [-0.39, 0.29) is 50.3 Å². The van der Waals surface area contributed by atoms with Gasteiger partial charge < -0.3 is 23.7 Å². The second-order valence-electron chi connectivity index (χ2n) is 9.67. The van der Waals surface area contributed by atoms with Gasteiger partial charge in [0, 0.05) is 6.42 Å². The number of hydrogen-bond acceptors (Lipinski definition) is 8. The van der Waals surface area contributed by atoms with Crippen LogP contribution in [0.1, 0.15) is 29.5 Å². The zero-order valence-electron chi connectivity index (χ0n) is 21.6. The van der Waals surface area contributed by atoms with E-state index in [2.05, 4.69) is 5.32 Å². The predicted octanol–water partition coefficient (Wildman–Crippen LogP) is 3.92. The Kier molecular flexibility index (Phi) is 9.34. The summed E-state index contributed by atoms with van der Waals surface area (Å²) in [5.74, 6) is -0.814. The molecular weight excluding hydrogens is 498 g/mol. The quantitative estimate of drug-likeness (QED) is 0.262. The van der Waals surface area contributed by atoms with E-state index in [1.165, 1.54) is 0 Å². The van der Waals surface area contributed by atoms with Crippen LogP contribution < -0.4 is 5.32 Å². The van der Waals surface area contributed by atoms with Crippen LogP contribution in [-0.2, 0) is 53.1 Å². The first-order valence-electron chi connectivity index (χ1n) is 13.2. The summed E-state index contributed by atoms with van der Waals surface area (Å²) >= 11 is 0. The highest BCUT2D eigenvalue weighted by Crippen LogP contribution is 2.36. The number of esters is 2. The summed E-state index contributed by atoms with van der Waals surface area (Å²) in [5, 5.41) is 3.32. The molecule has 204 valence electrons. The molecule has 0 aliphatic carbocycles. The van der Waals surface area contributed by atoms with Crippen molar-refractivity contribution in [3.8, 4) is 0 Å². The molecular formula is C31H33NO7. The molecule has 2 heterocycles. The van der Waals surface area contributed by atoms with Gasteiger partial charge in [-0.2, -0.15) is 0 Å². The second-order valence-corrected chi connectivity index (χ2v) is 9.67. The van der Waals surface area contributed by atoms with Gasteiger partial charge in [-0.3, -0.25) is 14.9 Å². The number of rotatable bonds is 13. The van der Waals surface area contributed by atoms with Crippen molar-refractivity contribution in [2.75, 3.05) is 6.61 Å². The number of benzene rings is 3. The second kappa shape index (κ2) is 13.5. The van der Waals surface area contributed by atoms with Gasteiger partial charge >= 0.3 is 11.9 Å². The molecule has 5 rings (SSSR count). The fourth-order valence-corrected chi connectivity index (χ4v) is 4.53. The Balaban J connectivity index is 1.13. The normalized spacial score (nSPS) is 22.4. The Morgan fingerprint density at radius 3 is 1.95 bits per heavy atom. The standard InChI is InChI=1S/C31H33NO7/c33-27(35-18-22-10-4-1-5-11-22)17-16-25(30(34)36-19-23-12-6-2-7-13-23)32-26-21-38-31(29-28(26)39-29)37-20-24-14-8-3-9-15-24/h1-15,25-26,28-29,31-32H,16-21H2/t25-,26-,28+,29+,31-/m0/s1. The third-order valence-electron chi connectivity index (χ3n) is 6.73. The van der Waals surface area contributed by atoms with Crippen LogP contribution in [0, 0.1) is 0 Å². The molecule has 0 radical (unpaired) electrons. The van der Waals surface area contributed by atoms with Crippen molar-refractivity contribution in [2.45, 2.75) is 63.2 Å². The lowest BCUT2D eigenvalue weighted by Gasteiger charge is -2.29. The Hall–Kier alpha value is -3.56. The largest absolute Gasteiger partial charge is 0.461 e. The van der Waals surface area contributed by atoms with Gasteiger partial charge in [-0.05, 0) is 23.1 Å². The van der Waals surface area contributed by atoms with E-state index in [9.17, 15) is 9.59 Å². The van der Waals surface area contributed by atoms with Crippen LogP contribution in [0.25, 0.3) is 0 Å². The van der Waals surface area contributed by atoms with Crippen molar-refractivity contribution in [2.24, 2.45) is 0 Å². The van der Waals surface area contributed by atoms with E-state index in [0.717, 1.165) is 16.7 Å². The number of fused-ring (bicyclic) bond motifs is 1. The van der Waals surface area contributed by atoms with E-state index >= 15 is 0 Å². The van der Waals surface area contributed by atoms with Crippen LogP contribution in [0.2, 0.25) is 0 Å². The Morgan fingerprint density at radius 1 is 0.769 bits per heavy atom. The number of hydrogen-bond donors (Lipinski definition) is 1. The minimum absolute atomic E-state index is 0.0658. The van der Waals surface area contributed by atoms with E-state index in [0.29, 0.717) is 13.2 Å². The number of nitrogens with one attached hydrogen (secondary N) is 1. The van der Waals surface area contributed by atoms with Crippen LogP contribution in [0.15, 0.2) is 91.0 Å². The Morgan fingerprint density at radius 2 is 1.33 bits per heavy atom. The minimum Gasteiger partial charge on any atom is -0.461 e. The first-order valence-corrected chi connectivity index (χ1v) is 13.2. The first kappa shape index (κ1) is 27.0. The number of carbonyl (C=O) groups excluding carboxylic acids is 2. The summed E-state index contributed by atoms with van der Waals surface area (Å²) in [6, 6.07) is 27.9. The van der Waals surface area contributed by atoms with Gasteiger partial charge in [0.1, 0.15) is 31.5 Å². The van der Waals surface area contributed by atoms with Gasteiger partial charge in [0.05, 0.1) is 19.3 Å². The molecule has 3 aromatic rings. The van der Waals surface area contributed by atoms with E-state index < -0.39 is 18.3 Å². The lowest BCUT2D eigenvalue weighted by atomic mass is 10.1. The molecule has 1 N–H and O–H groups in total. The number of carbonyl (C=O) groups is 2. The predicted molar refractivity (Wildman–Crippen MR) is 142 cm³/mol. The highest BCUT2D eigenvalue weighted by atomic mass is 16.7. The average molecular weight is 532 g/mol. The first-order chi connectivity index (χ1) is 19.2. The smallest absolute Gasteiger partial charge is 0.323 e. The summed E-state index contributed by atoms with van der Waals surface area (Å²) in [5.41, 5.74) is 2.85. The zero-order chi connectivity index (χ0) is 26.9. The van der Waals surface area contributed by atoms with Gasteiger partial charge in [-0.15, -0.1) is 0 Å². The molecule has 39 heavy (non-hydrogen) atoms. The fourth-order valence-electron chi connectivity index (χ4n) is 4.53. The van der Waals surface area contributed by atoms with Crippen molar-refractivity contribution < 1.29 is 33.3 Å². The van der Waals surface area contributed by atoms with Crippen molar-refractivity contribution in [3.63, 3.8) is 0 Å². The highest BCUT2D eigenvalue weighted by molar-refractivity contribution is 5.77. The molecule has 3 aromatic carbocycles. The third-order valence-corrected chi connectivity index (χ3v) is 6.73. The monoisotopic (exact) mass is 531 g/mol. The van der Waals surface area contributed by atoms with Crippen LogP contribution in [0.5, 0.6) is 0 Å². The molecule has 0 aromatic heterocycles. The van der Waals surface area contributed by atoms with E-state index in [1.807, 2.05) is 91.0 Å². The Bertz CT molecular complexity index is 1190. The van der Waals surface area contributed by atoms with Gasteiger partial charge in [-0.25, -0.2) is 0 Å². The van der Waals surface area contributed by atoms with Crippen LogP contribution in [-0.4, -0.2) is 49.1 Å². The fraction of sp³-hybridized carbons (Fsp3) is 0.355. The van der Waals surface area contributed by atoms with Crippen molar-refractivity contribution >= 4 is 11.9 Å². The van der Waals surface area contributed by atoms with Crippen molar-refractivity contribution in [3.05, 3.63) is 108 Å². The van der Waals surface area contributed by atoms with E-state index in [1.54, 1.807) is 0 Å². The maximum Gasteiger partial charge on any atom is 0.323 e. The number of epoxide rings is 1. The lowest BCUT2D eigenvalue weighted by molar-refractivity contribution is -0.171. The molecule has 2 saturated heterocycles. The van der Waals surface area contributed by atoms with Crippen LogP contribution in [0.3, 0.4) is 0 Å². The van der Waals surface area contributed by atoms with Gasteiger partial charge in [0.2, 0.25) is 0 Å². The molecule has 5 atom stereocenters. The van der Waals surface area contributed by atoms with Crippen molar-refractivity contribution in [1.82, 2.24) is 5.32 Å². The highest BCUT2D eigenvalue weighted by Gasteiger charge is 2.55. The summed E-state index contributed by atoms with van der Waals surface area (Å²) in [6.07, 6.45) is -0.533. The topological polar surface area (TPSA) is 95.6 Å². The van der Waals surface area contributed by atoms with Crippen molar-refractivity contribution in [1.29, 1.82) is 0 Å². The molecule has 8 heteroatoms. The van der Waals surface area contributed by atoms with Gasteiger partial charge in [0.15, 0.2) is 6.29 Å². The molecule has 0 spiro atoms. The van der Waals surface area contributed by atoms with Gasteiger partial charge in [-0.1, -0.05) is 91.0 Å². The Labute approximate surface area is 228 Å². The molecule has 0 amide bonds. The molecule has 2 aliphatic heterocycles. The maximum absolute atomic E-state index is 13.1. The third kappa shape index (κ3) is 7.97. The number of ether oxygens (including phenoxy) is 5. The molecule has 2 fully saturated rings. The van der Waals surface area contributed by atoms with Gasteiger partial charge in [0.25, 0.3) is 0 Å². The summed E-state index contributed by atoms with van der Waals surface area (Å²) in [7, 11) is 0. The summed E-state index contributed by atoms with van der Waals surface area (Å²) < 4.78 is 28.7. The average Bonchev–Trinajstić information content (AvgIpc) is 3.80. The van der Waals surface area contributed by atoms with Crippen LogP contribution in [0.4, 0.5) is 0 Å². The maximum atomic E-state index is 13.1. The van der Waals surface area contributed by atoms with Crippen LogP contribution >= 0.6 is 0 Å². The summed E-state index contributed by atoms with van der Waals surface area (Å²) in [6.45, 7) is 1.07.